The number of aromatic amines is 1. The van der Waals surface area contributed by atoms with Crippen molar-refractivity contribution in [1.29, 1.82) is 0 Å². The van der Waals surface area contributed by atoms with Crippen LogP contribution in [0, 0.1) is 5.92 Å². The van der Waals surface area contributed by atoms with Crippen molar-refractivity contribution in [2.45, 2.75) is 37.3 Å². The summed E-state index contributed by atoms with van der Waals surface area (Å²) in [7, 11) is 0. The lowest BCUT2D eigenvalue weighted by atomic mass is 9.77. The van der Waals surface area contributed by atoms with Crippen LogP contribution < -0.4 is 11.3 Å². The van der Waals surface area contributed by atoms with E-state index in [1.807, 2.05) is 0 Å². The highest BCUT2D eigenvalue weighted by molar-refractivity contribution is 5.04. The van der Waals surface area contributed by atoms with Gasteiger partial charge in [0.1, 0.15) is 5.69 Å². The highest BCUT2D eigenvalue weighted by Crippen LogP contribution is 2.41. The third-order valence-electron chi connectivity index (χ3n) is 4.34. The van der Waals surface area contributed by atoms with Gasteiger partial charge in [-0.05, 0) is 31.6 Å². The number of rotatable bonds is 3. The van der Waals surface area contributed by atoms with Crippen LogP contribution in [0.2, 0.25) is 0 Å². The van der Waals surface area contributed by atoms with Crippen LogP contribution in [0.3, 0.4) is 0 Å². The summed E-state index contributed by atoms with van der Waals surface area (Å²) in [6.07, 6.45) is 5.66. The molecular formula is C12H21N5O2. The Kier molecular flexibility index (Phi) is 3.79. The minimum atomic E-state index is -0.0278. The predicted molar refractivity (Wildman–Crippen MR) is 67.9 cm³/mol. The van der Waals surface area contributed by atoms with Crippen molar-refractivity contribution in [2.75, 3.05) is 19.8 Å². The van der Waals surface area contributed by atoms with E-state index in [9.17, 15) is 0 Å². The van der Waals surface area contributed by atoms with Gasteiger partial charge in [0, 0.05) is 19.8 Å². The second-order valence-electron chi connectivity index (χ2n) is 5.44. The first-order chi connectivity index (χ1) is 9.33. The van der Waals surface area contributed by atoms with Crippen molar-refractivity contribution in [1.82, 2.24) is 20.8 Å². The van der Waals surface area contributed by atoms with Crippen molar-refractivity contribution in [3.05, 3.63) is 11.9 Å². The van der Waals surface area contributed by atoms with Crippen LogP contribution in [-0.2, 0) is 9.47 Å². The smallest absolute Gasteiger partial charge is 0.101 e. The molecule has 3 heterocycles. The minimum absolute atomic E-state index is 0.0278. The molecule has 2 fully saturated rings. The Morgan fingerprint density at radius 2 is 2.26 bits per heavy atom. The number of nitrogens with two attached hydrogens (primary N) is 1. The molecule has 0 saturated carbocycles. The quantitative estimate of drug-likeness (QED) is 0.537. The van der Waals surface area contributed by atoms with E-state index in [1.165, 1.54) is 0 Å². The van der Waals surface area contributed by atoms with E-state index in [-0.39, 0.29) is 11.6 Å². The molecule has 1 spiro atoms. The van der Waals surface area contributed by atoms with Gasteiger partial charge in [-0.25, -0.2) is 0 Å². The maximum Gasteiger partial charge on any atom is 0.101 e. The summed E-state index contributed by atoms with van der Waals surface area (Å²) in [5, 5.41) is 10.7. The van der Waals surface area contributed by atoms with Crippen LogP contribution >= 0.6 is 0 Å². The molecule has 0 aliphatic carbocycles. The lowest BCUT2D eigenvalue weighted by molar-refractivity contribution is -0.150. The molecule has 1 aromatic heterocycles. The highest BCUT2D eigenvalue weighted by atomic mass is 16.5. The zero-order chi connectivity index (χ0) is 13.1. The summed E-state index contributed by atoms with van der Waals surface area (Å²) < 4.78 is 11.5. The predicted octanol–water partition coefficient (Wildman–Crippen LogP) is 0.285. The second-order valence-corrected chi connectivity index (χ2v) is 5.44. The Morgan fingerprint density at radius 1 is 1.42 bits per heavy atom. The highest BCUT2D eigenvalue weighted by Gasteiger charge is 2.41. The van der Waals surface area contributed by atoms with Crippen molar-refractivity contribution in [2.24, 2.45) is 11.8 Å². The zero-order valence-corrected chi connectivity index (χ0v) is 11.0. The van der Waals surface area contributed by atoms with E-state index >= 15 is 0 Å². The monoisotopic (exact) mass is 267 g/mol. The molecule has 0 bridgehead atoms. The molecule has 2 aliphatic rings. The third kappa shape index (κ3) is 2.64. The molecule has 0 amide bonds. The number of hydrazine groups is 1. The average molecular weight is 267 g/mol. The van der Waals surface area contributed by atoms with Crippen molar-refractivity contribution in [3.8, 4) is 0 Å². The number of hydrogen-bond donors (Lipinski definition) is 3. The van der Waals surface area contributed by atoms with Crippen LogP contribution in [0.1, 0.15) is 37.4 Å². The normalized spacial score (nSPS) is 28.4. The fourth-order valence-corrected chi connectivity index (χ4v) is 3.27. The fraction of sp³-hybridized carbons (Fsp3) is 0.833. The molecule has 19 heavy (non-hydrogen) atoms. The molecular weight excluding hydrogens is 246 g/mol. The first-order valence-electron chi connectivity index (χ1n) is 6.86. The Hall–Kier alpha value is -1.02. The second kappa shape index (κ2) is 5.54. The Balaban J connectivity index is 1.73. The lowest BCUT2D eigenvalue weighted by Gasteiger charge is -2.44. The molecule has 2 saturated heterocycles. The molecule has 3 rings (SSSR count). The number of H-pyrrole nitrogens is 1. The summed E-state index contributed by atoms with van der Waals surface area (Å²) in [5.74, 6) is 6.13. The van der Waals surface area contributed by atoms with Crippen molar-refractivity contribution < 1.29 is 9.47 Å². The van der Waals surface area contributed by atoms with Gasteiger partial charge in [-0.3, -0.25) is 11.3 Å². The van der Waals surface area contributed by atoms with E-state index in [0.717, 1.165) is 51.2 Å². The number of nitrogens with zero attached hydrogens (tertiary/aromatic N) is 2. The van der Waals surface area contributed by atoms with Gasteiger partial charge in [0.25, 0.3) is 0 Å². The topological polar surface area (TPSA) is 98.1 Å². The summed E-state index contributed by atoms with van der Waals surface area (Å²) >= 11 is 0. The maximum atomic E-state index is 6.06. The summed E-state index contributed by atoms with van der Waals surface area (Å²) in [6, 6.07) is 0.0300. The van der Waals surface area contributed by atoms with Crippen molar-refractivity contribution >= 4 is 0 Å². The number of ether oxygens (including phenoxy) is 2. The van der Waals surface area contributed by atoms with E-state index in [1.54, 1.807) is 6.20 Å². The van der Waals surface area contributed by atoms with Gasteiger partial charge in [0.15, 0.2) is 0 Å². The Bertz CT molecular complexity index is 385. The van der Waals surface area contributed by atoms with Gasteiger partial charge in [0.2, 0.25) is 0 Å². The minimum Gasteiger partial charge on any atom is -0.381 e. The van der Waals surface area contributed by atoms with E-state index < -0.39 is 0 Å². The Morgan fingerprint density at radius 3 is 2.95 bits per heavy atom. The van der Waals surface area contributed by atoms with Crippen LogP contribution in [0.15, 0.2) is 6.20 Å². The molecule has 0 radical (unpaired) electrons. The van der Waals surface area contributed by atoms with E-state index in [4.69, 9.17) is 15.3 Å². The molecule has 4 N–H and O–H groups in total. The van der Waals surface area contributed by atoms with Gasteiger partial charge in [-0.1, -0.05) is 0 Å². The van der Waals surface area contributed by atoms with Crippen LogP contribution in [0.4, 0.5) is 0 Å². The largest absolute Gasteiger partial charge is 0.381 e. The molecule has 7 nitrogen and oxygen atoms in total. The summed E-state index contributed by atoms with van der Waals surface area (Å²) in [4.78, 5) is 0. The SMILES string of the molecule is NNC(c1cn[nH]n1)C1CCOC2(CCOCC2)C1. The van der Waals surface area contributed by atoms with Crippen LogP contribution in [0.25, 0.3) is 0 Å². The molecule has 0 aromatic carbocycles. The van der Waals surface area contributed by atoms with Gasteiger partial charge in [-0.15, -0.1) is 0 Å². The summed E-state index contributed by atoms with van der Waals surface area (Å²) in [6.45, 7) is 2.36. The average Bonchev–Trinajstić information content (AvgIpc) is 2.95. The van der Waals surface area contributed by atoms with Gasteiger partial charge in [0.05, 0.1) is 17.8 Å². The van der Waals surface area contributed by atoms with Gasteiger partial charge < -0.3 is 9.47 Å². The third-order valence-corrected chi connectivity index (χ3v) is 4.34. The van der Waals surface area contributed by atoms with Gasteiger partial charge in [-0.2, -0.15) is 15.4 Å². The Labute approximate surface area is 112 Å². The number of hydrogen-bond acceptors (Lipinski definition) is 6. The maximum absolute atomic E-state index is 6.06. The van der Waals surface area contributed by atoms with Crippen LogP contribution in [0.5, 0.6) is 0 Å². The molecule has 7 heteroatoms. The standard InChI is InChI=1S/C12H21N5O2/c13-15-11(10-8-14-17-16-10)9-1-4-19-12(7-9)2-5-18-6-3-12/h8-9,11,15H,1-7,13H2,(H,14,16,17). The molecule has 2 aliphatic heterocycles. The molecule has 2 atom stereocenters. The lowest BCUT2D eigenvalue weighted by Crippen LogP contribution is -2.47. The summed E-state index contributed by atoms with van der Waals surface area (Å²) in [5.41, 5.74) is 3.73. The molecule has 106 valence electrons. The van der Waals surface area contributed by atoms with E-state index in [0.29, 0.717) is 5.92 Å². The number of aromatic nitrogens is 3. The first kappa shape index (κ1) is 13.0. The zero-order valence-electron chi connectivity index (χ0n) is 11.0. The fourth-order valence-electron chi connectivity index (χ4n) is 3.27. The number of nitrogens with one attached hydrogen (secondary N) is 2. The van der Waals surface area contributed by atoms with Gasteiger partial charge >= 0.3 is 0 Å². The molecule has 2 unspecified atom stereocenters. The van der Waals surface area contributed by atoms with E-state index in [2.05, 4.69) is 20.8 Å². The van der Waals surface area contributed by atoms with Crippen molar-refractivity contribution in [3.63, 3.8) is 0 Å². The first-order valence-corrected chi connectivity index (χ1v) is 6.86. The molecule has 1 aromatic rings. The van der Waals surface area contributed by atoms with Crippen LogP contribution in [-0.4, -0.2) is 40.8 Å².